The summed E-state index contributed by atoms with van der Waals surface area (Å²) >= 11 is 1.58. The van der Waals surface area contributed by atoms with Crippen LogP contribution < -0.4 is 5.32 Å². The van der Waals surface area contributed by atoms with Gasteiger partial charge in [-0.05, 0) is 29.5 Å². The van der Waals surface area contributed by atoms with Crippen molar-refractivity contribution in [2.24, 2.45) is 0 Å². The molecule has 1 saturated heterocycles. The van der Waals surface area contributed by atoms with Gasteiger partial charge in [-0.3, -0.25) is 9.78 Å². The van der Waals surface area contributed by atoms with Crippen LogP contribution in [0.15, 0.2) is 35.3 Å². The van der Waals surface area contributed by atoms with Crippen LogP contribution in [0.3, 0.4) is 0 Å². The molecule has 0 bridgehead atoms. The monoisotopic (exact) mass is 287 g/mol. The molecule has 1 atom stereocenters. The Labute approximate surface area is 122 Å². The molecule has 4 nitrogen and oxygen atoms in total. The lowest BCUT2D eigenvalue weighted by Crippen LogP contribution is -2.48. The fourth-order valence-corrected chi connectivity index (χ4v) is 3.37. The minimum Gasteiger partial charge on any atom is -0.329 e. The molecule has 0 radical (unpaired) electrons. The van der Waals surface area contributed by atoms with Crippen LogP contribution in [0.25, 0.3) is 0 Å². The predicted octanol–water partition coefficient (Wildman–Crippen LogP) is 2.24. The standard InChI is InChI=1S/C15H17N3OS/c1-11-9-20-10-13(11)15(19)18-6-5-17-8-14(18)12-3-2-4-16-7-12/h2-4,7,9-10,14,17H,5-6,8H2,1H3. The Balaban J connectivity index is 1.90. The minimum absolute atomic E-state index is 0.0595. The lowest BCUT2D eigenvalue weighted by molar-refractivity contribution is 0.0634. The maximum absolute atomic E-state index is 12.7. The van der Waals surface area contributed by atoms with Crippen molar-refractivity contribution in [2.75, 3.05) is 19.6 Å². The van der Waals surface area contributed by atoms with E-state index in [1.165, 1.54) is 0 Å². The Kier molecular flexibility index (Phi) is 3.80. The third-order valence-electron chi connectivity index (χ3n) is 3.66. The summed E-state index contributed by atoms with van der Waals surface area (Å²) in [6.45, 7) is 4.34. The molecule has 0 aliphatic carbocycles. The Morgan fingerprint density at radius 2 is 2.40 bits per heavy atom. The summed E-state index contributed by atoms with van der Waals surface area (Å²) in [4.78, 5) is 18.9. The van der Waals surface area contributed by atoms with Crippen LogP contribution >= 0.6 is 11.3 Å². The van der Waals surface area contributed by atoms with Gasteiger partial charge in [0.1, 0.15) is 0 Å². The van der Waals surface area contributed by atoms with Crippen LogP contribution in [0.4, 0.5) is 0 Å². The highest BCUT2D eigenvalue weighted by atomic mass is 32.1. The van der Waals surface area contributed by atoms with E-state index < -0.39 is 0 Å². The van der Waals surface area contributed by atoms with E-state index in [4.69, 9.17) is 0 Å². The molecule has 1 amide bonds. The average Bonchev–Trinajstić information content (AvgIpc) is 2.93. The smallest absolute Gasteiger partial charge is 0.255 e. The lowest BCUT2D eigenvalue weighted by Gasteiger charge is -2.36. The van der Waals surface area contributed by atoms with Gasteiger partial charge < -0.3 is 10.2 Å². The van der Waals surface area contributed by atoms with Crippen molar-refractivity contribution in [1.29, 1.82) is 0 Å². The second kappa shape index (κ2) is 5.73. The first-order chi connectivity index (χ1) is 9.77. The molecule has 20 heavy (non-hydrogen) atoms. The molecule has 1 N–H and O–H groups in total. The largest absolute Gasteiger partial charge is 0.329 e. The van der Waals surface area contributed by atoms with Gasteiger partial charge in [0.15, 0.2) is 0 Å². The number of thiophene rings is 1. The van der Waals surface area contributed by atoms with Gasteiger partial charge in [0, 0.05) is 37.4 Å². The van der Waals surface area contributed by atoms with E-state index in [0.29, 0.717) is 0 Å². The van der Waals surface area contributed by atoms with Gasteiger partial charge in [0.25, 0.3) is 5.91 Å². The van der Waals surface area contributed by atoms with Crippen molar-refractivity contribution >= 4 is 17.2 Å². The first-order valence-corrected chi connectivity index (χ1v) is 7.66. The zero-order chi connectivity index (χ0) is 13.9. The van der Waals surface area contributed by atoms with Crippen LogP contribution in [0, 0.1) is 6.92 Å². The van der Waals surface area contributed by atoms with E-state index in [0.717, 1.165) is 36.3 Å². The fraction of sp³-hybridized carbons (Fsp3) is 0.333. The molecule has 1 fully saturated rings. The number of pyridine rings is 1. The molecule has 1 aliphatic rings. The van der Waals surface area contributed by atoms with Crippen molar-refractivity contribution in [2.45, 2.75) is 13.0 Å². The van der Waals surface area contributed by atoms with Crippen LogP contribution in [0.5, 0.6) is 0 Å². The van der Waals surface area contributed by atoms with Crippen LogP contribution in [-0.2, 0) is 0 Å². The third kappa shape index (κ3) is 2.46. The van der Waals surface area contributed by atoms with E-state index >= 15 is 0 Å². The number of nitrogens with one attached hydrogen (secondary N) is 1. The maximum Gasteiger partial charge on any atom is 0.255 e. The average molecular weight is 287 g/mol. The minimum atomic E-state index is 0.0595. The van der Waals surface area contributed by atoms with Gasteiger partial charge in [0.2, 0.25) is 0 Å². The number of aromatic nitrogens is 1. The predicted molar refractivity (Wildman–Crippen MR) is 79.9 cm³/mol. The van der Waals surface area contributed by atoms with E-state index in [1.54, 1.807) is 17.5 Å². The molecule has 3 rings (SSSR count). The molecule has 2 aromatic heterocycles. The summed E-state index contributed by atoms with van der Waals surface area (Å²) in [7, 11) is 0. The molecule has 1 aliphatic heterocycles. The van der Waals surface area contributed by atoms with Gasteiger partial charge in [-0.2, -0.15) is 11.3 Å². The first-order valence-electron chi connectivity index (χ1n) is 6.72. The molecule has 0 aromatic carbocycles. The van der Waals surface area contributed by atoms with Crippen LogP contribution in [-0.4, -0.2) is 35.4 Å². The summed E-state index contributed by atoms with van der Waals surface area (Å²) in [6.07, 6.45) is 3.60. The highest BCUT2D eigenvalue weighted by Crippen LogP contribution is 2.25. The molecule has 1 unspecified atom stereocenters. The molecular weight excluding hydrogens is 270 g/mol. The number of rotatable bonds is 2. The summed E-state index contributed by atoms with van der Waals surface area (Å²) in [5.41, 5.74) is 2.97. The highest BCUT2D eigenvalue weighted by Gasteiger charge is 2.29. The summed E-state index contributed by atoms with van der Waals surface area (Å²) < 4.78 is 0. The van der Waals surface area contributed by atoms with Gasteiger partial charge in [0.05, 0.1) is 11.6 Å². The third-order valence-corrected chi connectivity index (χ3v) is 4.52. The molecule has 3 heterocycles. The Morgan fingerprint density at radius 3 is 3.10 bits per heavy atom. The summed E-state index contributed by atoms with van der Waals surface area (Å²) in [5.74, 6) is 0.124. The number of nitrogens with zero attached hydrogens (tertiary/aromatic N) is 2. The number of hydrogen-bond donors (Lipinski definition) is 1. The maximum atomic E-state index is 12.7. The zero-order valence-electron chi connectivity index (χ0n) is 11.4. The van der Waals surface area contributed by atoms with Crippen molar-refractivity contribution in [3.05, 3.63) is 52.0 Å². The topological polar surface area (TPSA) is 45.2 Å². The van der Waals surface area contributed by atoms with Crippen molar-refractivity contribution in [3.63, 3.8) is 0 Å². The highest BCUT2D eigenvalue weighted by molar-refractivity contribution is 7.08. The van der Waals surface area contributed by atoms with Gasteiger partial charge in [-0.1, -0.05) is 6.07 Å². The zero-order valence-corrected chi connectivity index (χ0v) is 12.2. The van der Waals surface area contributed by atoms with Crippen molar-refractivity contribution in [3.8, 4) is 0 Å². The molecule has 2 aromatic rings. The van der Waals surface area contributed by atoms with Crippen molar-refractivity contribution < 1.29 is 4.79 Å². The fourth-order valence-electron chi connectivity index (χ4n) is 2.55. The number of aryl methyl sites for hydroxylation is 1. The second-order valence-electron chi connectivity index (χ2n) is 4.97. The van der Waals surface area contributed by atoms with Crippen LogP contribution in [0.2, 0.25) is 0 Å². The Hall–Kier alpha value is -1.72. The second-order valence-corrected chi connectivity index (χ2v) is 5.72. The molecule has 5 heteroatoms. The molecule has 0 saturated carbocycles. The molecule has 0 spiro atoms. The first kappa shape index (κ1) is 13.3. The normalized spacial score (nSPS) is 19.1. The Morgan fingerprint density at radius 1 is 1.50 bits per heavy atom. The number of carbonyl (C=O) groups is 1. The Bertz CT molecular complexity index is 596. The molecule has 104 valence electrons. The SMILES string of the molecule is Cc1cscc1C(=O)N1CCNCC1c1cccnc1. The van der Waals surface area contributed by atoms with E-state index in [9.17, 15) is 4.79 Å². The summed E-state index contributed by atoms with van der Waals surface area (Å²) in [5, 5.41) is 7.33. The van der Waals surface area contributed by atoms with E-state index in [-0.39, 0.29) is 11.9 Å². The van der Waals surface area contributed by atoms with Gasteiger partial charge in [-0.25, -0.2) is 0 Å². The number of piperazine rings is 1. The van der Waals surface area contributed by atoms with E-state index in [1.807, 2.05) is 40.9 Å². The van der Waals surface area contributed by atoms with Gasteiger partial charge in [-0.15, -0.1) is 0 Å². The van der Waals surface area contributed by atoms with Gasteiger partial charge >= 0.3 is 0 Å². The summed E-state index contributed by atoms with van der Waals surface area (Å²) in [6, 6.07) is 4.01. The van der Waals surface area contributed by atoms with Crippen molar-refractivity contribution in [1.82, 2.24) is 15.2 Å². The molecular formula is C15H17N3OS. The quantitative estimate of drug-likeness (QED) is 0.921. The number of amides is 1. The number of carbonyl (C=O) groups excluding carboxylic acids is 1. The van der Waals surface area contributed by atoms with E-state index in [2.05, 4.69) is 10.3 Å². The van der Waals surface area contributed by atoms with Crippen LogP contribution in [0.1, 0.15) is 27.5 Å². The lowest BCUT2D eigenvalue weighted by atomic mass is 10.0. The number of hydrogen-bond acceptors (Lipinski definition) is 4.